The van der Waals surface area contributed by atoms with Crippen LogP contribution in [0.25, 0.3) is 10.9 Å². The normalized spacial score (nSPS) is 14.7. The predicted octanol–water partition coefficient (Wildman–Crippen LogP) is 5.48. The van der Waals surface area contributed by atoms with Crippen LogP contribution in [0.15, 0.2) is 143 Å². The van der Waals surface area contributed by atoms with E-state index in [4.69, 9.17) is 15.7 Å². The Morgan fingerprint density at radius 1 is 0.635 bits per heavy atom. The third-order valence-corrected chi connectivity index (χ3v) is 21.1. The van der Waals surface area contributed by atoms with Crippen LogP contribution in [0.3, 0.4) is 0 Å². The molecule has 1 fully saturated rings. The van der Waals surface area contributed by atoms with Gasteiger partial charge < -0.3 is 73.1 Å². The van der Waals surface area contributed by atoms with E-state index in [1.807, 2.05) is 13.8 Å². The third kappa shape index (κ3) is 23.5. The molecular formula is C73H93F3N14O13S. The summed E-state index contributed by atoms with van der Waals surface area (Å²) < 4.78 is 47.0. The molecule has 1 aliphatic rings. The number of amides is 11. The van der Waals surface area contributed by atoms with E-state index in [1.54, 1.807) is 105 Å². The fraction of sp³-hybridized carbons (Fsp3) is 0.438. The molecule has 7 rings (SSSR count). The number of hydrogen-bond acceptors (Lipinski definition) is 14. The van der Waals surface area contributed by atoms with Gasteiger partial charge in [-0.3, -0.25) is 52.7 Å². The van der Waals surface area contributed by atoms with Crippen LogP contribution in [0.4, 0.5) is 13.2 Å². The minimum atomic E-state index is -5.32. The highest BCUT2D eigenvalue weighted by Gasteiger charge is 2.47. The molecule has 0 radical (unpaired) electrons. The van der Waals surface area contributed by atoms with Gasteiger partial charge in [0.2, 0.25) is 59.1 Å². The van der Waals surface area contributed by atoms with E-state index >= 15 is 0 Å². The van der Waals surface area contributed by atoms with Gasteiger partial charge in [0.05, 0.1) is 12.9 Å². The Morgan fingerprint density at radius 2 is 1.22 bits per heavy atom. The second-order valence-corrected chi connectivity index (χ2v) is 29.0. The number of fused-ring (bicyclic) bond motifs is 1. The summed E-state index contributed by atoms with van der Waals surface area (Å²) in [6.07, 6.45) is 1.89. The van der Waals surface area contributed by atoms with Crippen LogP contribution < -0.4 is 54.0 Å². The van der Waals surface area contributed by atoms with E-state index in [0.717, 1.165) is 17.7 Å². The maximum absolute atomic E-state index is 14.5. The van der Waals surface area contributed by atoms with Crippen molar-refractivity contribution in [3.8, 4) is 0 Å². The number of aromatic amines is 2. The van der Waals surface area contributed by atoms with Gasteiger partial charge in [0, 0.05) is 101 Å². The molecule has 560 valence electrons. The minimum Gasteiger partial charge on any atom is -0.395 e. The van der Waals surface area contributed by atoms with Crippen LogP contribution in [0.1, 0.15) is 127 Å². The number of hydrogen-bond donors (Lipinski definition) is 12. The average Bonchev–Trinajstić information content (AvgIpc) is 0.921. The molecule has 2 aromatic heterocycles. The van der Waals surface area contributed by atoms with Crippen molar-refractivity contribution in [2.75, 3.05) is 20.1 Å². The van der Waals surface area contributed by atoms with Gasteiger partial charge in [0.1, 0.15) is 36.3 Å². The lowest BCUT2D eigenvalue weighted by Gasteiger charge is -2.39. The van der Waals surface area contributed by atoms with E-state index in [9.17, 15) is 70.7 Å². The SMILES string of the molecule is CC[C@H](C)[C@@H](CCC(=O)N[C@@H](CC1CC1)C(N)=O)NC(=O)[C@H](Cc1cnc[nH]1)NC(=O)CN(C)C(=O)[C@@H](NC(=O)[C@H](C)NC(=O)[C@H](Cc1c[nH]c2ccccc12)NC(=O)[C@H](CCC(N)=O)NC(=O)CCCCNC(=O)c1ccc(S(OC(=O)C(F)(F)F)(c2ccccc2)c2ccccc2)cc1)C(C)C. The number of H-pyrrole nitrogens is 2. The van der Waals surface area contributed by atoms with Crippen molar-refractivity contribution in [3.05, 3.63) is 145 Å². The van der Waals surface area contributed by atoms with Crippen molar-refractivity contribution in [1.82, 2.24) is 62.4 Å². The molecule has 1 aliphatic carbocycles. The Hall–Kier alpha value is -10.6. The second-order valence-electron chi connectivity index (χ2n) is 26.3. The summed E-state index contributed by atoms with van der Waals surface area (Å²) in [5.41, 5.74) is 13.0. The molecule has 8 atom stereocenters. The Bertz CT molecular complexity index is 3910. The molecule has 1 saturated carbocycles. The number of nitrogens with two attached hydrogens (primary N) is 2. The van der Waals surface area contributed by atoms with Crippen molar-refractivity contribution < 1.29 is 74.9 Å². The van der Waals surface area contributed by atoms with Gasteiger partial charge in [-0.1, -0.05) is 102 Å². The summed E-state index contributed by atoms with van der Waals surface area (Å²) in [6, 6.07) is 20.8. The quantitative estimate of drug-likeness (QED) is 0.0212. The monoisotopic (exact) mass is 1460 g/mol. The van der Waals surface area contributed by atoms with Crippen LogP contribution in [0, 0.1) is 17.8 Å². The number of unbranched alkanes of at least 4 members (excludes halogenated alkanes) is 1. The van der Waals surface area contributed by atoms with E-state index in [2.05, 4.69) is 57.5 Å². The zero-order chi connectivity index (χ0) is 75.8. The molecule has 0 unspecified atom stereocenters. The molecule has 27 nitrogen and oxygen atoms in total. The molecule has 0 aliphatic heterocycles. The van der Waals surface area contributed by atoms with Gasteiger partial charge in [-0.2, -0.15) is 13.2 Å². The van der Waals surface area contributed by atoms with Crippen LogP contribution in [0.5, 0.6) is 0 Å². The summed E-state index contributed by atoms with van der Waals surface area (Å²) in [7, 11) is -1.99. The number of likely N-dealkylation sites (N-methyl/N-ethyl adjacent to an activating group) is 1. The first-order valence-electron chi connectivity index (χ1n) is 34.5. The van der Waals surface area contributed by atoms with Crippen LogP contribution in [-0.4, -0.2) is 159 Å². The zero-order valence-corrected chi connectivity index (χ0v) is 59.7. The number of carbonyl (C=O) groups is 12. The number of nitrogens with one attached hydrogen (secondary N) is 10. The number of halogens is 3. The third-order valence-electron chi connectivity index (χ3n) is 17.9. The number of carbonyl (C=O) groups excluding carboxylic acids is 12. The lowest BCUT2D eigenvalue weighted by molar-refractivity contribution is -0.188. The highest BCUT2D eigenvalue weighted by atomic mass is 32.3. The molecule has 0 spiro atoms. The summed E-state index contributed by atoms with van der Waals surface area (Å²) in [4.78, 5) is 174. The van der Waals surface area contributed by atoms with Gasteiger partial charge in [-0.15, -0.1) is 0 Å². The smallest absolute Gasteiger partial charge is 0.395 e. The first kappa shape index (κ1) is 80.7. The fourth-order valence-electron chi connectivity index (χ4n) is 11.6. The molecular weight excluding hydrogens is 1370 g/mol. The van der Waals surface area contributed by atoms with Gasteiger partial charge in [-0.25, -0.2) is 9.78 Å². The van der Waals surface area contributed by atoms with Gasteiger partial charge in [-0.05, 0) is 127 Å². The molecule has 104 heavy (non-hydrogen) atoms. The number of aromatic nitrogens is 3. The Labute approximate surface area is 602 Å². The largest absolute Gasteiger partial charge is 0.491 e. The lowest BCUT2D eigenvalue weighted by atomic mass is 9.94. The number of para-hydroxylation sites is 1. The van der Waals surface area contributed by atoms with E-state index in [-0.39, 0.29) is 80.7 Å². The van der Waals surface area contributed by atoms with Crippen LogP contribution in [0.2, 0.25) is 0 Å². The fourth-order valence-corrected chi connectivity index (χ4v) is 14.6. The Balaban J connectivity index is 0.951. The topological polar surface area (TPSA) is 410 Å². The number of rotatable bonds is 40. The summed E-state index contributed by atoms with van der Waals surface area (Å²) in [5.74, 6) is -10.3. The molecule has 0 bridgehead atoms. The predicted molar refractivity (Wildman–Crippen MR) is 380 cm³/mol. The second kappa shape index (κ2) is 38.1. The molecule has 4 aromatic carbocycles. The lowest BCUT2D eigenvalue weighted by Crippen LogP contribution is -2.59. The van der Waals surface area contributed by atoms with Gasteiger partial charge in [0.15, 0.2) is 0 Å². The number of alkyl halides is 3. The summed E-state index contributed by atoms with van der Waals surface area (Å²) in [5, 5.41) is 22.5. The standard InChI is InChI=1S/C73H93F3N14O13S/c1-7-44(4)54(32-34-62(93)85-57(65(78)95)36-46-25-26-46)87-70(100)59(38-49-40-79-42-82-49)86-63(94)41-90(6)71(101)64(43(2)3)89-66(96)45(5)83-69(99)58(37-48-39-81-55-23-15-14-22-53(48)55)88-68(98)56(31-33-60(77)91)84-61(92)24-16-17-35-80-67(97)47-27-29-52(30-28-47)104(50-18-10-8-11-19-50,51-20-12-9-13-21-51)103-72(102)73(74,75)76/h8-15,18-23,27-30,39-40,42-46,54,56-59,64,81H,7,16-17,24-26,31-38,41H2,1-6H3,(H2,77,91)(H2,78,95)(H,79,82)(H,80,97)(H,83,99)(H,84,92)(H,85,93)(H,86,94)(H,87,100)(H,88,98)(H,89,96)/t44-,45-,54+,56-,57-,58-,59-,64-/m0/s1. The van der Waals surface area contributed by atoms with Crippen molar-refractivity contribution in [2.24, 2.45) is 29.2 Å². The highest BCUT2D eigenvalue weighted by Crippen LogP contribution is 2.69. The van der Waals surface area contributed by atoms with E-state index < -0.39 is 142 Å². The van der Waals surface area contributed by atoms with Crippen molar-refractivity contribution in [2.45, 2.75) is 181 Å². The molecule has 31 heteroatoms. The summed E-state index contributed by atoms with van der Waals surface area (Å²) >= 11 is 0. The molecule has 2 heterocycles. The first-order chi connectivity index (χ1) is 49.5. The maximum Gasteiger partial charge on any atom is 0.491 e. The highest BCUT2D eigenvalue weighted by molar-refractivity contribution is 8.30. The summed E-state index contributed by atoms with van der Waals surface area (Å²) in [6.45, 7) is 8.00. The Morgan fingerprint density at radius 3 is 1.82 bits per heavy atom. The number of nitrogens with zero attached hydrogens (tertiary/aromatic N) is 2. The zero-order valence-electron chi connectivity index (χ0n) is 58.9. The Kier molecular flexibility index (Phi) is 29.6. The van der Waals surface area contributed by atoms with Crippen molar-refractivity contribution >= 4 is 92.2 Å². The van der Waals surface area contributed by atoms with Crippen molar-refractivity contribution in [3.63, 3.8) is 0 Å². The van der Waals surface area contributed by atoms with Gasteiger partial charge in [0.25, 0.3) is 5.91 Å². The maximum atomic E-state index is 14.5. The molecule has 11 amide bonds. The number of benzene rings is 4. The van der Waals surface area contributed by atoms with E-state index in [1.165, 1.54) is 50.8 Å². The van der Waals surface area contributed by atoms with Crippen LogP contribution in [-0.2, 0) is 69.8 Å². The number of imidazole rings is 1. The molecule has 14 N–H and O–H groups in total. The van der Waals surface area contributed by atoms with E-state index in [0.29, 0.717) is 50.7 Å². The molecule has 6 aromatic rings. The average molecular weight is 1460 g/mol. The minimum absolute atomic E-state index is 0.0180. The first-order valence-corrected chi connectivity index (χ1v) is 36.1. The number of primary amides is 2. The molecule has 0 saturated heterocycles. The van der Waals surface area contributed by atoms with Crippen LogP contribution >= 0.6 is 10.3 Å². The van der Waals surface area contributed by atoms with Gasteiger partial charge >= 0.3 is 12.1 Å². The van der Waals surface area contributed by atoms with Crippen molar-refractivity contribution in [1.29, 1.82) is 0 Å².